The summed E-state index contributed by atoms with van der Waals surface area (Å²) in [5.74, 6) is -0.710. The Bertz CT molecular complexity index is 1520. The van der Waals surface area contributed by atoms with Crippen LogP contribution in [0.2, 0.25) is 0 Å². The molecule has 0 aliphatic carbocycles. The van der Waals surface area contributed by atoms with Crippen LogP contribution in [0.1, 0.15) is 54.9 Å². The van der Waals surface area contributed by atoms with Crippen LogP contribution in [0.4, 0.5) is 8.78 Å². The maximum absolute atomic E-state index is 13.9. The number of benzene rings is 3. The smallest absolute Gasteiger partial charge is 0.168 e. The first-order valence-corrected chi connectivity index (χ1v) is 14.2. The molecule has 0 fully saturated rings. The van der Waals surface area contributed by atoms with Crippen molar-refractivity contribution in [3.8, 4) is 17.2 Å². The molecule has 4 aromatic rings. The molecule has 0 bridgehead atoms. The van der Waals surface area contributed by atoms with Gasteiger partial charge in [-0.2, -0.15) is 5.10 Å². The Morgan fingerprint density at radius 2 is 1.90 bits per heavy atom. The van der Waals surface area contributed by atoms with Crippen molar-refractivity contribution in [3.05, 3.63) is 90.1 Å². The largest absolute Gasteiger partial charge is 0.506 e. The number of carbonyl (C=O) groups excluding carboxylic acids is 1. The summed E-state index contributed by atoms with van der Waals surface area (Å²) in [6.07, 6.45) is 5.86. The lowest BCUT2D eigenvalue weighted by Gasteiger charge is -2.16. The Labute approximate surface area is 244 Å². The van der Waals surface area contributed by atoms with Gasteiger partial charge in [0.05, 0.1) is 17.5 Å². The number of ether oxygens (including phenoxy) is 2. The van der Waals surface area contributed by atoms with Crippen LogP contribution in [-0.4, -0.2) is 40.9 Å². The number of halogens is 2. The third-order valence-corrected chi connectivity index (χ3v) is 7.13. The van der Waals surface area contributed by atoms with Crippen LogP contribution in [0.5, 0.6) is 17.2 Å². The zero-order valence-electron chi connectivity index (χ0n) is 24.0. The second kappa shape index (κ2) is 14.6. The van der Waals surface area contributed by atoms with Gasteiger partial charge in [-0.3, -0.25) is 9.48 Å². The minimum Gasteiger partial charge on any atom is -0.506 e. The van der Waals surface area contributed by atoms with Gasteiger partial charge in [-0.25, -0.2) is 8.78 Å². The van der Waals surface area contributed by atoms with Crippen molar-refractivity contribution in [2.24, 2.45) is 5.92 Å². The molecule has 1 heterocycles. The molecular formula is C33H37F2N3O4. The number of methoxy groups -OCH3 is 1. The number of ketones is 1. The van der Waals surface area contributed by atoms with E-state index < -0.39 is 11.6 Å². The van der Waals surface area contributed by atoms with Crippen molar-refractivity contribution < 1.29 is 28.2 Å². The molecule has 2 N–H and O–H groups in total. The summed E-state index contributed by atoms with van der Waals surface area (Å²) in [6.45, 7) is 7.97. The molecule has 0 amide bonds. The predicted octanol–water partition coefficient (Wildman–Crippen LogP) is 7.49. The van der Waals surface area contributed by atoms with Gasteiger partial charge in [0, 0.05) is 55.7 Å². The quantitative estimate of drug-likeness (QED) is 0.106. The normalized spacial score (nSPS) is 11.9. The van der Waals surface area contributed by atoms with Crippen molar-refractivity contribution in [3.63, 3.8) is 0 Å². The van der Waals surface area contributed by atoms with Gasteiger partial charge in [0.1, 0.15) is 17.3 Å². The highest BCUT2D eigenvalue weighted by Crippen LogP contribution is 2.32. The minimum atomic E-state index is -0.793. The van der Waals surface area contributed by atoms with Crippen LogP contribution < -0.4 is 10.1 Å². The molecule has 1 aromatic heterocycles. The molecule has 0 radical (unpaired) electrons. The van der Waals surface area contributed by atoms with E-state index in [4.69, 9.17) is 9.47 Å². The number of hydrogen-bond acceptors (Lipinski definition) is 6. The standard InChI is InChI=1S/C33H37F2N3O4/c1-4-6-23(20-38-21-28-30(37-38)15-14-27(33(28)40)22(2)36-17-18-41-3)7-5-8-31(39)24-9-12-26(13-10-24)42-32-16-11-25(34)19-29(32)35/h9-16,19,21,23,36,40H,2,4-8,17-18,20H2,1,3H3. The van der Waals surface area contributed by atoms with Gasteiger partial charge >= 0.3 is 0 Å². The SMILES string of the molecule is C=C(NCCOC)c1ccc2nn(CC(CCC)CCCC(=O)c3ccc(Oc4ccc(F)cc4F)cc3)cc2c1O. The van der Waals surface area contributed by atoms with E-state index in [1.807, 2.05) is 23.0 Å². The van der Waals surface area contributed by atoms with E-state index in [2.05, 4.69) is 23.9 Å². The van der Waals surface area contributed by atoms with E-state index in [0.29, 0.717) is 65.5 Å². The Kier molecular flexibility index (Phi) is 10.7. The van der Waals surface area contributed by atoms with Gasteiger partial charge in [0.25, 0.3) is 0 Å². The highest BCUT2D eigenvalue weighted by Gasteiger charge is 2.16. The fourth-order valence-corrected chi connectivity index (χ4v) is 4.95. The number of hydrogen-bond donors (Lipinski definition) is 2. The summed E-state index contributed by atoms with van der Waals surface area (Å²) in [6, 6.07) is 13.3. The summed E-state index contributed by atoms with van der Waals surface area (Å²) >= 11 is 0. The summed E-state index contributed by atoms with van der Waals surface area (Å²) in [5.41, 5.74) is 2.51. The number of Topliss-reactive ketones (excluding diaryl/α,β-unsaturated/α-hetero) is 1. The van der Waals surface area contributed by atoms with Gasteiger partial charge in [-0.1, -0.05) is 19.9 Å². The maximum atomic E-state index is 13.9. The van der Waals surface area contributed by atoms with Crippen LogP contribution in [0.25, 0.3) is 16.6 Å². The Morgan fingerprint density at radius 1 is 1.12 bits per heavy atom. The maximum Gasteiger partial charge on any atom is 0.168 e. The molecule has 4 rings (SSSR count). The summed E-state index contributed by atoms with van der Waals surface area (Å²) < 4.78 is 39.4. The highest BCUT2D eigenvalue weighted by molar-refractivity contribution is 5.96. The zero-order valence-corrected chi connectivity index (χ0v) is 24.0. The average Bonchev–Trinajstić information content (AvgIpc) is 3.38. The Hall–Kier alpha value is -4.24. The Morgan fingerprint density at radius 3 is 2.62 bits per heavy atom. The topological polar surface area (TPSA) is 85.6 Å². The molecule has 0 spiro atoms. The Balaban J connectivity index is 1.32. The number of carbonyl (C=O) groups is 1. The lowest BCUT2D eigenvalue weighted by molar-refractivity contribution is 0.0977. The van der Waals surface area contributed by atoms with Gasteiger partial charge in [-0.15, -0.1) is 0 Å². The van der Waals surface area contributed by atoms with Crippen molar-refractivity contribution in [1.82, 2.24) is 15.1 Å². The number of rotatable bonds is 16. The molecule has 222 valence electrons. The molecule has 0 saturated heterocycles. The van der Waals surface area contributed by atoms with Gasteiger partial charge in [-0.05, 0) is 73.7 Å². The molecule has 9 heteroatoms. The van der Waals surface area contributed by atoms with Gasteiger partial charge < -0.3 is 19.9 Å². The van der Waals surface area contributed by atoms with Crippen LogP contribution >= 0.6 is 0 Å². The van der Waals surface area contributed by atoms with Crippen molar-refractivity contribution >= 4 is 22.4 Å². The summed E-state index contributed by atoms with van der Waals surface area (Å²) in [4.78, 5) is 12.8. The molecule has 42 heavy (non-hydrogen) atoms. The fourth-order valence-electron chi connectivity index (χ4n) is 4.95. The molecule has 7 nitrogen and oxygen atoms in total. The van der Waals surface area contributed by atoms with Crippen molar-refractivity contribution in [2.75, 3.05) is 20.3 Å². The number of nitrogens with one attached hydrogen (secondary N) is 1. The van der Waals surface area contributed by atoms with Crippen LogP contribution in [0.3, 0.4) is 0 Å². The molecule has 0 aliphatic heterocycles. The summed E-state index contributed by atoms with van der Waals surface area (Å²) in [7, 11) is 1.63. The second-order valence-corrected chi connectivity index (χ2v) is 10.3. The molecular weight excluding hydrogens is 540 g/mol. The van der Waals surface area contributed by atoms with E-state index in [1.165, 1.54) is 6.07 Å². The third kappa shape index (κ3) is 7.94. The monoisotopic (exact) mass is 577 g/mol. The van der Waals surface area contributed by atoms with Crippen LogP contribution in [-0.2, 0) is 11.3 Å². The predicted molar refractivity (Wildman–Crippen MR) is 160 cm³/mol. The number of phenolic OH excluding ortho intramolecular Hbond substituents is 1. The first kappa shape index (κ1) is 30.7. The number of phenols is 1. The number of aromatic nitrogens is 2. The van der Waals surface area contributed by atoms with Crippen LogP contribution in [0.15, 0.2) is 67.4 Å². The van der Waals surface area contributed by atoms with Crippen LogP contribution in [0, 0.1) is 17.6 Å². The zero-order chi connectivity index (χ0) is 30.1. The number of nitrogens with zero attached hydrogens (tertiary/aromatic N) is 2. The number of fused-ring (bicyclic) bond motifs is 1. The second-order valence-electron chi connectivity index (χ2n) is 10.3. The lowest BCUT2D eigenvalue weighted by atomic mass is 9.95. The number of aromatic hydroxyl groups is 1. The third-order valence-electron chi connectivity index (χ3n) is 7.13. The minimum absolute atomic E-state index is 0.0198. The van der Waals surface area contributed by atoms with E-state index in [-0.39, 0.29) is 17.3 Å². The molecule has 1 unspecified atom stereocenters. The first-order chi connectivity index (χ1) is 20.3. The summed E-state index contributed by atoms with van der Waals surface area (Å²) in [5, 5.41) is 19.4. The van der Waals surface area contributed by atoms with E-state index in [9.17, 15) is 18.7 Å². The molecule has 1 atom stereocenters. The molecule has 3 aromatic carbocycles. The van der Waals surface area contributed by atoms with Gasteiger partial charge in [0.2, 0.25) is 0 Å². The van der Waals surface area contributed by atoms with E-state index in [0.717, 1.165) is 37.8 Å². The van der Waals surface area contributed by atoms with E-state index >= 15 is 0 Å². The van der Waals surface area contributed by atoms with E-state index in [1.54, 1.807) is 31.4 Å². The first-order valence-electron chi connectivity index (χ1n) is 14.2. The van der Waals surface area contributed by atoms with Crippen molar-refractivity contribution in [2.45, 2.75) is 45.6 Å². The molecule has 0 aliphatic rings. The average molecular weight is 578 g/mol. The molecule has 0 saturated carbocycles. The van der Waals surface area contributed by atoms with Crippen molar-refractivity contribution in [1.29, 1.82) is 0 Å². The van der Waals surface area contributed by atoms with Gasteiger partial charge in [0.15, 0.2) is 17.3 Å². The highest BCUT2D eigenvalue weighted by atomic mass is 19.1. The fraction of sp³-hybridized carbons (Fsp3) is 0.333. The lowest BCUT2D eigenvalue weighted by Crippen LogP contribution is -2.17.